The Morgan fingerprint density at radius 1 is 1.00 bits per heavy atom. The van der Waals surface area contributed by atoms with Crippen molar-refractivity contribution in [1.82, 2.24) is 0 Å². The fourth-order valence-electron chi connectivity index (χ4n) is 4.14. The number of nitrogens with one attached hydrogen (secondary N) is 2. The molecule has 9 nitrogen and oxygen atoms in total. The van der Waals surface area contributed by atoms with Crippen molar-refractivity contribution < 1.29 is 48.2 Å². The maximum Gasteiger partial charge on any atom is 0.336 e. The molecule has 1 aliphatic carbocycles. The number of aryl methyl sites for hydroxylation is 2. The largest absolute Gasteiger partial charge is 0.478 e. The zero-order valence-electron chi connectivity index (χ0n) is 20.3. The lowest BCUT2D eigenvalue weighted by Gasteiger charge is -2.18. The Balaban J connectivity index is 0.000000658. The second kappa shape index (κ2) is 11.1. The minimum Gasteiger partial charge on any atom is -0.478 e. The lowest BCUT2D eigenvalue weighted by atomic mass is 9.89. The Labute approximate surface area is 210 Å². The van der Waals surface area contributed by atoms with E-state index in [0.29, 0.717) is 5.56 Å². The fraction of sp³-hybridized carbons (Fsp3) is 0.231. The first kappa shape index (κ1) is 27.1. The summed E-state index contributed by atoms with van der Waals surface area (Å²) in [6, 6.07) is 15.3. The van der Waals surface area contributed by atoms with Gasteiger partial charge in [0.1, 0.15) is 17.9 Å². The van der Waals surface area contributed by atoms with Gasteiger partial charge in [0.2, 0.25) is 5.36 Å². The van der Waals surface area contributed by atoms with Crippen molar-refractivity contribution in [3.05, 3.63) is 70.6 Å². The molecule has 190 valence electrons. The standard InChI is InChI=1S/C26H26N2O3.ClHO4/c1-5-27-21-13-23-19(11-15(21)3)25(17-9-7-8-10-18(17)26(29)30)20-12-16(4)22(28-6-2)14-24(20)31-23;2-1(3,4)5/h7-14,27H,5-6H2,1-4H3,(H,29,30);(H,2,3,4,5). The summed E-state index contributed by atoms with van der Waals surface area (Å²) in [4.78, 5) is 15.4. The van der Waals surface area contributed by atoms with Crippen LogP contribution in [-0.2, 0) is 0 Å². The van der Waals surface area contributed by atoms with E-state index in [1.807, 2.05) is 38.1 Å². The van der Waals surface area contributed by atoms with Crippen LogP contribution in [-0.4, -0.2) is 24.2 Å². The smallest absolute Gasteiger partial charge is 0.336 e. The number of benzene rings is 3. The lowest BCUT2D eigenvalue weighted by molar-refractivity contribution is -2.00. The normalized spacial score (nSPS) is 11.9. The summed E-state index contributed by atoms with van der Waals surface area (Å²) in [5.74, 6) is -0.227. The van der Waals surface area contributed by atoms with Crippen molar-refractivity contribution >= 4 is 22.6 Å². The summed E-state index contributed by atoms with van der Waals surface area (Å²) in [5.41, 5.74) is 6.63. The maximum absolute atomic E-state index is 12.0. The quantitative estimate of drug-likeness (QED) is 0.291. The van der Waals surface area contributed by atoms with Gasteiger partial charge in [0.25, 0.3) is 0 Å². The predicted octanol–water partition coefficient (Wildman–Crippen LogP) is -0.803. The molecule has 0 radical (unpaired) electrons. The van der Waals surface area contributed by atoms with Crippen molar-refractivity contribution in [3.8, 4) is 22.5 Å². The topological polar surface area (TPSA) is 169 Å². The number of aromatic carboxylic acids is 1. The molecule has 0 bridgehead atoms. The molecule has 1 heterocycles. The Morgan fingerprint density at radius 3 is 2.28 bits per heavy atom. The van der Waals surface area contributed by atoms with Crippen LogP contribution >= 0.6 is 0 Å². The molecular formula is C26H27ClN2O7. The number of carbonyl (C=O) groups is 1. The minimum absolute atomic E-state index is 0.276. The highest BCUT2D eigenvalue weighted by molar-refractivity contribution is 6.08. The van der Waals surface area contributed by atoms with Crippen molar-refractivity contribution in [2.75, 3.05) is 18.4 Å². The fourth-order valence-corrected chi connectivity index (χ4v) is 4.14. The zero-order chi connectivity index (χ0) is 26.6. The SMILES string of the molecule is CCNc1cc2oc3cc(=[NH+]CC)c(C)cc-3c(-c3ccccc3C(=O)O)c2cc1C.[O-][Cl+3]([O-])([O-])[O-]. The molecule has 0 saturated carbocycles. The summed E-state index contributed by atoms with van der Waals surface area (Å²) in [5, 5.41) is 15.2. The highest BCUT2D eigenvalue weighted by atomic mass is 35.7. The van der Waals surface area contributed by atoms with Gasteiger partial charge >= 0.3 is 5.97 Å². The van der Waals surface area contributed by atoms with Gasteiger partial charge in [0, 0.05) is 40.4 Å². The average Bonchev–Trinajstić information content (AvgIpc) is 2.78. The van der Waals surface area contributed by atoms with Gasteiger partial charge in [-0.15, -0.1) is 10.2 Å². The van der Waals surface area contributed by atoms with Crippen LogP contribution in [0.5, 0.6) is 0 Å². The number of rotatable bonds is 5. The van der Waals surface area contributed by atoms with E-state index in [-0.39, 0.29) is 5.56 Å². The highest BCUT2D eigenvalue weighted by Gasteiger charge is 2.23. The number of halogens is 1. The summed E-state index contributed by atoms with van der Waals surface area (Å²) >= 11 is 0. The van der Waals surface area contributed by atoms with E-state index in [2.05, 4.69) is 36.3 Å². The predicted molar refractivity (Wildman–Crippen MR) is 124 cm³/mol. The molecule has 2 aromatic rings. The van der Waals surface area contributed by atoms with Crippen molar-refractivity contribution in [2.24, 2.45) is 0 Å². The van der Waals surface area contributed by atoms with Crippen LogP contribution in [0.3, 0.4) is 0 Å². The Morgan fingerprint density at radius 2 is 1.67 bits per heavy atom. The Kier molecular flexibility index (Phi) is 8.34. The first-order valence-corrected chi connectivity index (χ1v) is 12.4. The number of fused-ring (bicyclic) bond motifs is 2. The molecule has 0 atom stereocenters. The molecule has 0 unspecified atom stereocenters. The van der Waals surface area contributed by atoms with E-state index in [1.54, 1.807) is 12.1 Å². The Hall–Kier alpha value is -3.47. The van der Waals surface area contributed by atoms with E-state index in [4.69, 9.17) is 23.1 Å². The van der Waals surface area contributed by atoms with Crippen molar-refractivity contribution in [3.63, 3.8) is 0 Å². The molecule has 4 rings (SSSR count). The first-order chi connectivity index (χ1) is 16.9. The molecule has 3 N–H and O–H groups in total. The van der Waals surface area contributed by atoms with Crippen LogP contribution in [0.15, 0.2) is 52.9 Å². The number of anilines is 1. The lowest BCUT2D eigenvalue weighted by Crippen LogP contribution is -2.76. The van der Waals surface area contributed by atoms with Crippen LogP contribution in [0.1, 0.15) is 35.3 Å². The third-order valence-electron chi connectivity index (χ3n) is 5.57. The summed E-state index contributed by atoms with van der Waals surface area (Å²) in [7, 11) is -4.94. The van der Waals surface area contributed by atoms with E-state index < -0.39 is 16.2 Å². The highest BCUT2D eigenvalue weighted by Crippen LogP contribution is 2.42. The minimum atomic E-state index is -4.94. The average molecular weight is 515 g/mol. The molecule has 0 spiro atoms. The van der Waals surface area contributed by atoms with Gasteiger partial charge in [-0.25, -0.2) is 28.4 Å². The first-order valence-electron chi connectivity index (χ1n) is 11.2. The van der Waals surface area contributed by atoms with Gasteiger partial charge < -0.3 is 14.8 Å². The van der Waals surface area contributed by atoms with Gasteiger partial charge in [-0.3, -0.25) is 0 Å². The molecular weight excluding hydrogens is 488 g/mol. The van der Waals surface area contributed by atoms with E-state index in [9.17, 15) is 9.90 Å². The second-order valence-electron chi connectivity index (χ2n) is 8.09. The third kappa shape index (κ3) is 6.20. The van der Waals surface area contributed by atoms with Gasteiger partial charge in [-0.05, 0) is 57.0 Å². The monoisotopic (exact) mass is 514 g/mol. The molecule has 36 heavy (non-hydrogen) atoms. The van der Waals surface area contributed by atoms with E-state index in [1.165, 1.54) is 0 Å². The molecule has 0 saturated heterocycles. The van der Waals surface area contributed by atoms with Gasteiger partial charge in [0.05, 0.1) is 11.6 Å². The van der Waals surface area contributed by atoms with Gasteiger partial charge in [0.15, 0.2) is 0 Å². The number of carboxylic acid groups (broad SMARTS) is 1. The summed E-state index contributed by atoms with van der Waals surface area (Å²) in [6.45, 7) is 9.82. The molecule has 1 aliphatic heterocycles. The molecule has 0 aromatic heterocycles. The van der Waals surface area contributed by atoms with E-state index in [0.717, 1.165) is 63.1 Å². The van der Waals surface area contributed by atoms with Crippen LogP contribution in [0, 0.1) is 24.1 Å². The van der Waals surface area contributed by atoms with Crippen LogP contribution in [0.4, 0.5) is 5.69 Å². The third-order valence-corrected chi connectivity index (χ3v) is 5.57. The van der Waals surface area contributed by atoms with Crippen LogP contribution in [0.2, 0.25) is 0 Å². The van der Waals surface area contributed by atoms with Gasteiger partial charge in [-0.1, -0.05) is 18.2 Å². The Bertz CT molecular complexity index is 1440. The van der Waals surface area contributed by atoms with Crippen molar-refractivity contribution in [1.29, 1.82) is 0 Å². The molecule has 2 aromatic carbocycles. The zero-order valence-corrected chi connectivity index (χ0v) is 21.1. The number of carboxylic acids is 1. The van der Waals surface area contributed by atoms with Crippen LogP contribution in [0.25, 0.3) is 33.4 Å². The molecule has 0 fully saturated rings. The molecule has 2 aliphatic rings. The number of hydrogen-bond acceptors (Lipinski definition) is 7. The second-order valence-corrected chi connectivity index (χ2v) is 8.85. The van der Waals surface area contributed by atoms with Crippen LogP contribution < -0.4 is 34.3 Å². The summed E-state index contributed by atoms with van der Waals surface area (Å²) < 4.78 is 40.3. The molecule has 10 heteroatoms. The van der Waals surface area contributed by atoms with Gasteiger partial charge in [-0.2, -0.15) is 0 Å². The van der Waals surface area contributed by atoms with E-state index >= 15 is 0 Å². The maximum atomic E-state index is 12.0. The summed E-state index contributed by atoms with van der Waals surface area (Å²) in [6.07, 6.45) is 0. The van der Waals surface area contributed by atoms with Crippen molar-refractivity contribution in [2.45, 2.75) is 27.7 Å². The number of hydrogen-bond donors (Lipinski definition) is 3. The molecule has 0 amide bonds.